The summed E-state index contributed by atoms with van der Waals surface area (Å²) >= 11 is 0. The predicted octanol–water partition coefficient (Wildman–Crippen LogP) is 3.10. The van der Waals surface area contributed by atoms with Gasteiger partial charge in [0.25, 0.3) is 0 Å². The summed E-state index contributed by atoms with van der Waals surface area (Å²) in [7, 11) is 0. The van der Waals surface area contributed by atoms with Crippen LogP contribution in [-0.2, 0) is 0 Å². The van der Waals surface area contributed by atoms with Crippen LogP contribution in [0.3, 0.4) is 0 Å². The molecule has 16 heavy (non-hydrogen) atoms. The van der Waals surface area contributed by atoms with E-state index in [9.17, 15) is 0 Å². The van der Waals surface area contributed by atoms with Gasteiger partial charge in [0, 0.05) is 0 Å². The Kier molecular flexibility index (Phi) is 2.10. The zero-order valence-electron chi connectivity index (χ0n) is 8.93. The molecule has 1 fully saturated rings. The Labute approximate surface area is 93.7 Å². The molecule has 0 aliphatic heterocycles. The molecule has 4 heteroatoms. The van der Waals surface area contributed by atoms with E-state index in [0.29, 0.717) is 11.7 Å². The summed E-state index contributed by atoms with van der Waals surface area (Å²) < 4.78 is 2.02. The van der Waals surface area contributed by atoms with Crippen molar-refractivity contribution in [1.29, 1.82) is 0 Å². The van der Waals surface area contributed by atoms with Gasteiger partial charge in [-0.3, -0.25) is 0 Å². The first-order valence-corrected chi connectivity index (χ1v) is 5.61. The van der Waals surface area contributed by atoms with Gasteiger partial charge in [0.15, 0.2) is 5.69 Å². The third-order valence-corrected chi connectivity index (χ3v) is 3.25. The van der Waals surface area contributed by atoms with E-state index in [1.54, 1.807) is 6.07 Å². The summed E-state index contributed by atoms with van der Waals surface area (Å²) in [5.74, 6) is 0. The molecule has 1 aliphatic carbocycles. The quantitative estimate of drug-likeness (QED) is 0.681. The molecular formula is C12H12N4. The van der Waals surface area contributed by atoms with Crippen molar-refractivity contribution < 1.29 is 0 Å². The van der Waals surface area contributed by atoms with Gasteiger partial charge in [0.1, 0.15) is 5.52 Å². The van der Waals surface area contributed by atoms with Gasteiger partial charge >= 0.3 is 0 Å². The zero-order chi connectivity index (χ0) is 11.0. The van der Waals surface area contributed by atoms with E-state index < -0.39 is 0 Å². The third kappa shape index (κ3) is 1.36. The first-order valence-electron chi connectivity index (χ1n) is 5.61. The topological polar surface area (TPSA) is 35.1 Å². The fourth-order valence-electron chi connectivity index (χ4n) is 2.42. The average Bonchev–Trinajstić information content (AvgIpc) is 2.96. The largest absolute Gasteiger partial charge is 0.242 e. The minimum Gasteiger partial charge on any atom is -0.242 e. The third-order valence-electron chi connectivity index (χ3n) is 3.25. The van der Waals surface area contributed by atoms with Crippen LogP contribution in [0.1, 0.15) is 31.7 Å². The van der Waals surface area contributed by atoms with Crippen molar-refractivity contribution in [3.63, 3.8) is 0 Å². The van der Waals surface area contributed by atoms with E-state index >= 15 is 0 Å². The lowest BCUT2D eigenvalue weighted by Gasteiger charge is -2.09. The van der Waals surface area contributed by atoms with Crippen LogP contribution in [0.5, 0.6) is 0 Å². The number of hydrogen-bond donors (Lipinski definition) is 0. The molecule has 1 aromatic carbocycles. The van der Waals surface area contributed by atoms with E-state index in [0.717, 1.165) is 11.0 Å². The van der Waals surface area contributed by atoms with Crippen LogP contribution in [0, 0.1) is 6.57 Å². The van der Waals surface area contributed by atoms with Crippen LogP contribution < -0.4 is 0 Å². The van der Waals surface area contributed by atoms with Crippen molar-refractivity contribution in [3.05, 3.63) is 29.6 Å². The Bertz CT molecular complexity index is 558. The van der Waals surface area contributed by atoms with E-state index in [2.05, 4.69) is 15.2 Å². The second kappa shape index (κ2) is 3.60. The number of nitrogens with zero attached hydrogens (tertiary/aromatic N) is 4. The van der Waals surface area contributed by atoms with Gasteiger partial charge in [-0.1, -0.05) is 24.1 Å². The van der Waals surface area contributed by atoms with Crippen LogP contribution in [0.25, 0.3) is 15.9 Å². The second-order valence-electron chi connectivity index (χ2n) is 4.26. The molecular weight excluding hydrogens is 200 g/mol. The van der Waals surface area contributed by atoms with Crippen molar-refractivity contribution in [2.75, 3.05) is 0 Å². The van der Waals surface area contributed by atoms with Crippen LogP contribution in [0.4, 0.5) is 5.69 Å². The molecule has 1 aliphatic rings. The fourth-order valence-corrected chi connectivity index (χ4v) is 2.42. The molecule has 0 saturated heterocycles. The number of benzene rings is 1. The van der Waals surface area contributed by atoms with Gasteiger partial charge < -0.3 is 0 Å². The normalized spacial score (nSPS) is 16.7. The van der Waals surface area contributed by atoms with Crippen LogP contribution in [0.15, 0.2) is 18.2 Å². The Morgan fingerprint density at radius 3 is 2.88 bits per heavy atom. The highest BCUT2D eigenvalue weighted by molar-refractivity contribution is 5.79. The summed E-state index contributed by atoms with van der Waals surface area (Å²) in [5.41, 5.74) is 2.52. The number of rotatable bonds is 1. The smallest absolute Gasteiger partial charge is 0.189 e. The summed E-state index contributed by atoms with van der Waals surface area (Å²) in [6.45, 7) is 6.96. The summed E-state index contributed by atoms with van der Waals surface area (Å²) in [6.07, 6.45) is 4.96. The maximum Gasteiger partial charge on any atom is 0.189 e. The highest BCUT2D eigenvalue weighted by Crippen LogP contribution is 2.31. The molecule has 0 spiro atoms. The highest BCUT2D eigenvalue weighted by atomic mass is 15.4. The minimum atomic E-state index is 0.504. The number of hydrogen-bond acceptors (Lipinski definition) is 2. The first kappa shape index (κ1) is 9.34. The van der Waals surface area contributed by atoms with Crippen LogP contribution in [0.2, 0.25) is 0 Å². The monoisotopic (exact) mass is 212 g/mol. The fraction of sp³-hybridized carbons (Fsp3) is 0.417. The standard InChI is InChI=1S/C12H12N4/c1-13-9-6-7-12-11(8-9)14-15-16(12)10-4-2-3-5-10/h6-8,10H,2-5H2. The SMILES string of the molecule is [C-]#[N+]c1ccc2c(c1)nnn2C1CCCC1. The molecule has 0 N–H and O–H groups in total. The molecule has 0 radical (unpaired) electrons. The molecule has 0 unspecified atom stereocenters. The molecule has 4 nitrogen and oxygen atoms in total. The first-order chi connectivity index (χ1) is 7.88. The Morgan fingerprint density at radius 2 is 2.12 bits per heavy atom. The Balaban J connectivity index is 2.10. The van der Waals surface area contributed by atoms with Gasteiger partial charge in [0.2, 0.25) is 0 Å². The van der Waals surface area contributed by atoms with Crippen molar-refractivity contribution >= 4 is 16.7 Å². The Hall–Kier alpha value is -1.89. The van der Waals surface area contributed by atoms with Gasteiger partial charge in [-0.25, -0.2) is 9.53 Å². The molecule has 1 heterocycles. The van der Waals surface area contributed by atoms with Gasteiger partial charge in [-0.2, -0.15) is 0 Å². The highest BCUT2D eigenvalue weighted by Gasteiger charge is 2.19. The Morgan fingerprint density at radius 1 is 1.31 bits per heavy atom. The molecule has 1 aromatic heterocycles. The lowest BCUT2D eigenvalue weighted by Crippen LogP contribution is -2.06. The minimum absolute atomic E-state index is 0.504. The van der Waals surface area contributed by atoms with Crippen molar-refractivity contribution in [2.45, 2.75) is 31.7 Å². The molecule has 80 valence electrons. The maximum absolute atomic E-state index is 6.96. The lowest BCUT2D eigenvalue weighted by atomic mass is 10.2. The lowest BCUT2D eigenvalue weighted by molar-refractivity contribution is 0.467. The van der Waals surface area contributed by atoms with Crippen LogP contribution >= 0.6 is 0 Å². The van der Waals surface area contributed by atoms with Crippen molar-refractivity contribution in [2.24, 2.45) is 0 Å². The average molecular weight is 212 g/mol. The summed E-state index contributed by atoms with van der Waals surface area (Å²) in [6, 6.07) is 6.11. The summed E-state index contributed by atoms with van der Waals surface area (Å²) in [4.78, 5) is 3.40. The number of fused-ring (bicyclic) bond motifs is 1. The molecule has 1 saturated carbocycles. The van der Waals surface area contributed by atoms with E-state index in [1.807, 2.05) is 16.8 Å². The molecule has 0 atom stereocenters. The molecule has 0 amide bonds. The maximum atomic E-state index is 6.96. The van der Waals surface area contributed by atoms with Gasteiger partial charge in [-0.05, 0) is 25.0 Å². The molecule has 0 bridgehead atoms. The van der Waals surface area contributed by atoms with E-state index in [4.69, 9.17) is 6.57 Å². The van der Waals surface area contributed by atoms with Crippen LogP contribution in [-0.4, -0.2) is 15.0 Å². The summed E-state index contributed by atoms with van der Waals surface area (Å²) in [5, 5.41) is 8.36. The zero-order valence-corrected chi connectivity index (χ0v) is 8.93. The van der Waals surface area contributed by atoms with E-state index in [1.165, 1.54) is 25.7 Å². The van der Waals surface area contributed by atoms with Gasteiger partial charge in [-0.15, -0.1) is 5.10 Å². The number of aromatic nitrogens is 3. The van der Waals surface area contributed by atoms with Crippen molar-refractivity contribution in [1.82, 2.24) is 15.0 Å². The molecule has 2 aromatic rings. The van der Waals surface area contributed by atoms with Gasteiger partial charge in [0.05, 0.1) is 18.1 Å². The van der Waals surface area contributed by atoms with Crippen molar-refractivity contribution in [3.8, 4) is 0 Å². The second-order valence-corrected chi connectivity index (χ2v) is 4.26. The van der Waals surface area contributed by atoms with E-state index in [-0.39, 0.29) is 0 Å². The predicted molar refractivity (Wildman–Crippen MR) is 61.3 cm³/mol. The molecule has 3 rings (SSSR count).